The Bertz CT molecular complexity index is 2330. The van der Waals surface area contributed by atoms with E-state index in [0.29, 0.717) is 44.5 Å². The van der Waals surface area contributed by atoms with E-state index in [-0.39, 0.29) is 32.9 Å². The molecule has 1 unspecified atom stereocenters. The molecule has 0 bridgehead atoms. The number of nitrogens with one attached hydrogen (secondary N) is 2. The topological polar surface area (TPSA) is 203 Å². The highest BCUT2D eigenvalue weighted by molar-refractivity contribution is 6.31. The first-order chi connectivity index (χ1) is 28.2. The molecule has 14 heteroatoms. The van der Waals surface area contributed by atoms with Crippen LogP contribution in [0.25, 0.3) is 22.3 Å². The quantitative estimate of drug-likeness (QED) is 0.0469. The minimum atomic E-state index is -1.60. The molecule has 1 heterocycles. The normalized spacial score (nSPS) is 13.1. The van der Waals surface area contributed by atoms with Crippen LogP contribution in [0.4, 0.5) is 0 Å². The van der Waals surface area contributed by atoms with E-state index in [0.717, 1.165) is 33.4 Å². The Labute approximate surface area is 347 Å². The second-order valence-electron chi connectivity index (χ2n) is 14.5. The van der Waals surface area contributed by atoms with Gasteiger partial charge in [-0.05, 0) is 97.5 Å². The molecule has 2 atom stereocenters. The van der Waals surface area contributed by atoms with Gasteiger partial charge in [-0.25, -0.2) is 0 Å². The number of hydrogen-bond donors (Lipinski definition) is 6. The largest absolute Gasteiger partial charge is 0.492 e. The third-order valence-electron chi connectivity index (χ3n) is 10.1. The fourth-order valence-corrected chi connectivity index (χ4v) is 6.42. The van der Waals surface area contributed by atoms with Gasteiger partial charge in [0.15, 0.2) is 0 Å². The zero-order valence-electron chi connectivity index (χ0n) is 33.2. The third-order valence-corrected chi connectivity index (χ3v) is 10.5. The Kier molecular flexibility index (Phi) is 14.7. The number of aliphatic hydroxyl groups is 2. The van der Waals surface area contributed by atoms with E-state index in [1.807, 2.05) is 55.5 Å². The Morgan fingerprint density at radius 1 is 0.763 bits per heavy atom. The van der Waals surface area contributed by atoms with Crippen LogP contribution in [0.1, 0.15) is 47.2 Å². The van der Waals surface area contributed by atoms with Gasteiger partial charge in [0.05, 0.1) is 18.8 Å². The second-order valence-corrected chi connectivity index (χ2v) is 14.9. The molecule has 0 fully saturated rings. The molecule has 5 rings (SSSR count). The number of ether oxygens (including phenoxy) is 3. The van der Waals surface area contributed by atoms with Crippen molar-refractivity contribution < 1.29 is 44.2 Å². The lowest BCUT2D eigenvalue weighted by atomic mass is 9.90. The molecule has 0 aliphatic rings. The van der Waals surface area contributed by atoms with Crippen LogP contribution in [-0.4, -0.2) is 74.8 Å². The number of aliphatic hydroxyl groups excluding tert-OH is 2. The van der Waals surface area contributed by atoms with Crippen LogP contribution < -0.4 is 24.8 Å². The summed E-state index contributed by atoms with van der Waals surface area (Å²) < 4.78 is 18.4. The van der Waals surface area contributed by atoms with E-state index in [4.69, 9.17) is 25.8 Å². The van der Waals surface area contributed by atoms with Gasteiger partial charge in [0.1, 0.15) is 54.2 Å². The van der Waals surface area contributed by atoms with Crippen LogP contribution in [0.3, 0.4) is 0 Å². The summed E-state index contributed by atoms with van der Waals surface area (Å²) in [6.45, 7) is 6.31. The number of pyridine rings is 1. The molecular weight excluding hydrogens is 776 g/mol. The highest BCUT2D eigenvalue weighted by atomic mass is 35.5. The number of aromatic nitrogens is 1. The predicted octanol–water partition coefficient (Wildman–Crippen LogP) is 6.44. The van der Waals surface area contributed by atoms with Gasteiger partial charge in [0.25, 0.3) is 0 Å². The van der Waals surface area contributed by atoms with Gasteiger partial charge in [0.2, 0.25) is 0 Å². The lowest BCUT2D eigenvalue weighted by Gasteiger charge is -2.25. The molecule has 6 N–H and O–H groups in total. The highest BCUT2D eigenvalue weighted by Gasteiger charge is 2.33. The molecule has 1 aromatic heterocycles. The van der Waals surface area contributed by atoms with Gasteiger partial charge in [-0.1, -0.05) is 54.1 Å². The van der Waals surface area contributed by atoms with Gasteiger partial charge >= 0.3 is 11.9 Å². The fraction of sp³-hybridized carbons (Fsp3) is 0.289. The third kappa shape index (κ3) is 10.7. The molecular formula is C45H47ClN4O9. The molecule has 0 saturated carbocycles. The minimum Gasteiger partial charge on any atom is -0.492 e. The number of aliphatic carboxylic acids is 2. The Morgan fingerprint density at radius 2 is 1.39 bits per heavy atom. The average Bonchev–Trinajstić information content (AvgIpc) is 3.24. The van der Waals surface area contributed by atoms with Crippen LogP contribution in [0.5, 0.6) is 17.2 Å². The van der Waals surface area contributed by atoms with Crippen molar-refractivity contribution in [3.8, 4) is 45.6 Å². The summed E-state index contributed by atoms with van der Waals surface area (Å²) in [4.78, 5) is 27.4. The molecule has 0 radical (unpaired) electrons. The van der Waals surface area contributed by atoms with Crippen LogP contribution in [0.2, 0.25) is 5.02 Å². The number of halogens is 1. The van der Waals surface area contributed by atoms with Crippen LogP contribution in [0, 0.1) is 25.2 Å². The van der Waals surface area contributed by atoms with E-state index >= 15 is 0 Å². The summed E-state index contributed by atoms with van der Waals surface area (Å²) in [7, 11) is 0. The van der Waals surface area contributed by atoms with E-state index in [1.54, 1.807) is 24.4 Å². The molecule has 13 nitrogen and oxygen atoms in total. The zero-order chi connectivity index (χ0) is 42.7. The number of nitrogens with zero attached hydrogens (tertiary/aromatic N) is 2. The zero-order valence-corrected chi connectivity index (χ0v) is 34.0. The first-order valence-corrected chi connectivity index (χ1v) is 19.1. The van der Waals surface area contributed by atoms with Gasteiger partial charge < -0.3 is 34.6 Å². The minimum absolute atomic E-state index is 0.0209. The standard InChI is InChI=1S/C45H47ClN4O9/c1-28-36(32-11-13-35(14-12-32)57-16-15-49-44(3,26-51)42(53)54)7-5-8-37(28)38-9-6-10-40(29(38)2)59-25-34-19-41(58-24-31-17-30(20-47)21-48-22-31)33(18-39(34)46)23-50-45(4,27-52)43(55)56/h5-14,17-19,21-22,49-52H,15-16,23-27H2,1-4H3,(H,53,54)(H,55,56)/t44?,45-/m0/s1. The number of benzene rings is 4. The van der Waals surface area contributed by atoms with E-state index in [2.05, 4.69) is 40.7 Å². The Morgan fingerprint density at radius 3 is 2.05 bits per heavy atom. The molecule has 4 aromatic carbocycles. The molecule has 0 saturated heterocycles. The van der Waals surface area contributed by atoms with Crippen molar-refractivity contribution in [2.45, 2.75) is 58.5 Å². The Hall–Kier alpha value is -6.01. The van der Waals surface area contributed by atoms with Crippen molar-refractivity contribution in [1.29, 1.82) is 5.26 Å². The number of hydrogen-bond acceptors (Lipinski definition) is 11. The highest BCUT2D eigenvalue weighted by Crippen LogP contribution is 2.37. The summed E-state index contributed by atoms with van der Waals surface area (Å²) in [5, 5.41) is 53.6. The van der Waals surface area contributed by atoms with Crippen LogP contribution in [-0.2, 0) is 29.3 Å². The molecule has 0 spiro atoms. The summed E-state index contributed by atoms with van der Waals surface area (Å²) in [6, 6.07) is 26.8. The number of carboxylic acids is 2. The maximum Gasteiger partial charge on any atom is 0.326 e. The van der Waals surface area contributed by atoms with E-state index in [1.165, 1.54) is 20.0 Å². The number of rotatable bonds is 20. The van der Waals surface area contributed by atoms with Crippen molar-refractivity contribution in [2.24, 2.45) is 0 Å². The Balaban J connectivity index is 1.33. The SMILES string of the molecule is Cc1c(OCc2cc(OCc3cncc(C#N)c3)c(CN[C@@](C)(CO)C(=O)O)cc2Cl)cccc1-c1cccc(-c2ccc(OCCNC(C)(CO)C(=O)O)cc2)c1C. The lowest BCUT2D eigenvalue weighted by molar-refractivity contribution is -0.146. The van der Waals surface area contributed by atoms with Gasteiger partial charge in [0, 0.05) is 47.2 Å². The maximum absolute atomic E-state index is 11.9. The molecule has 308 valence electrons. The van der Waals surface area contributed by atoms with Gasteiger partial charge in [-0.3, -0.25) is 25.2 Å². The van der Waals surface area contributed by atoms with E-state index in [9.17, 15) is 35.3 Å². The molecule has 59 heavy (non-hydrogen) atoms. The van der Waals surface area contributed by atoms with Crippen molar-refractivity contribution in [3.63, 3.8) is 0 Å². The monoisotopic (exact) mass is 822 g/mol. The van der Waals surface area contributed by atoms with Gasteiger partial charge in [-0.2, -0.15) is 5.26 Å². The average molecular weight is 823 g/mol. The maximum atomic E-state index is 11.9. The van der Waals surface area contributed by atoms with Crippen molar-refractivity contribution in [2.75, 3.05) is 26.4 Å². The summed E-state index contributed by atoms with van der Waals surface area (Å²) >= 11 is 6.79. The molecule has 0 amide bonds. The molecule has 5 aromatic rings. The van der Waals surface area contributed by atoms with Crippen molar-refractivity contribution in [1.82, 2.24) is 15.6 Å². The summed E-state index contributed by atoms with van der Waals surface area (Å²) in [5.41, 5.74) is 5.18. The molecule has 0 aliphatic heterocycles. The lowest BCUT2D eigenvalue weighted by Crippen LogP contribution is -2.53. The molecule has 0 aliphatic carbocycles. The number of carbonyl (C=O) groups is 2. The van der Waals surface area contributed by atoms with Crippen molar-refractivity contribution >= 4 is 23.5 Å². The van der Waals surface area contributed by atoms with Crippen LogP contribution in [0.15, 0.2) is 91.3 Å². The fourth-order valence-electron chi connectivity index (χ4n) is 6.18. The van der Waals surface area contributed by atoms with Gasteiger partial charge in [-0.15, -0.1) is 0 Å². The van der Waals surface area contributed by atoms with Crippen molar-refractivity contribution in [3.05, 3.63) is 130 Å². The smallest absolute Gasteiger partial charge is 0.326 e. The summed E-state index contributed by atoms with van der Waals surface area (Å²) in [6.07, 6.45) is 3.04. The first-order valence-electron chi connectivity index (χ1n) is 18.7. The first kappa shape index (κ1) is 44.1. The number of nitriles is 1. The predicted molar refractivity (Wildman–Crippen MR) is 222 cm³/mol. The number of carboxylic acid groups (broad SMARTS) is 2. The van der Waals surface area contributed by atoms with E-state index < -0.39 is 36.2 Å². The second kappa shape index (κ2) is 19.6. The summed E-state index contributed by atoms with van der Waals surface area (Å²) in [5.74, 6) is -0.674. The van der Waals surface area contributed by atoms with Crippen LogP contribution >= 0.6 is 11.6 Å².